The summed E-state index contributed by atoms with van der Waals surface area (Å²) < 4.78 is 12.9. The lowest BCUT2D eigenvalue weighted by Gasteiger charge is -2.20. The Morgan fingerprint density at radius 1 is 1.29 bits per heavy atom. The van der Waals surface area contributed by atoms with Crippen molar-refractivity contribution in [2.75, 3.05) is 14.1 Å². The van der Waals surface area contributed by atoms with E-state index in [1.54, 1.807) is 12.1 Å². The molecule has 1 aromatic carbocycles. The highest BCUT2D eigenvalue weighted by molar-refractivity contribution is 5.95. The molecule has 2 aromatic rings. The van der Waals surface area contributed by atoms with Crippen LogP contribution in [0.1, 0.15) is 34.7 Å². The summed E-state index contributed by atoms with van der Waals surface area (Å²) in [6.07, 6.45) is 0. The van der Waals surface area contributed by atoms with Crippen molar-refractivity contribution in [3.05, 3.63) is 53.1 Å². The minimum absolute atomic E-state index is 0.147. The molecule has 0 aliphatic heterocycles. The van der Waals surface area contributed by atoms with Gasteiger partial charge < -0.3 is 20.4 Å². The number of amides is 1. The van der Waals surface area contributed by atoms with E-state index in [1.807, 2.05) is 25.9 Å². The van der Waals surface area contributed by atoms with Gasteiger partial charge in [-0.15, -0.1) is 0 Å². The van der Waals surface area contributed by atoms with Gasteiger partial charge >= 0.3 is 0 Å². The fourth-order valence-electron chi connectivity index (χ4n) is 2.05. The van der Waals surface area contributed by atoms with Crippen molar-refractivity contribution in [3.63, 3.8) is 0 Å². The molecule has 1 amide bonds. The minimum Gasteiger partial charge on any atom is -0.504 e. The van der Waals surface area contributed by atoms with Crippen LogP contribution < -0.4 is 5.32 Å². The lowest BCUT2D eigenvalue weighted by Crippen LogP contribution is -2.25. The van der Waals surface area contributed by atoms with Crippen molar-refractivity contribution in [1.82, 2.24) is 15.2 Å². The molecule has 3 N–H and O–H groups in total. The molecule has 0 aliphatic carbocycles. The molecule has 1 unspecified atom stereocenters. The fourth-order valence-corrected chi connectivity index (χ4v) is 2.05. The Hall–Kier alpha value is -2.67. The topological polar surface area (TPSA) is 85.7 Å². The van der Waals surface area contributed by atoms with E-state index in [1.165, 1.54) is 18.2 Å². The zero-order chi connectivity index (χ0) is 17.9. The molecule has 0 fully saturated rings. The van der Waals surface area contributed by atoms with Crippen molar-refractivity contribution in [3.8, 4) is 11.5 Å². The molecule has 0 saturated heterocycles. The van der Waals surface area contributed by atoms with Gasteiger partial charge in [0, 0.05) is 18.7 Å². The van der Waals surface area contributed by atoms with Gasteiger partial charge in [-0.25, -0.2) is 9.37 Å². The minimum atomic E-state index is -0.625. The summed E-state index contributed by atoms with van der Waals surface area (Å²) in [5, 5.41) is 22.3. The van der Waals surface area contributed by atoms with Crippen molar-refractivity contribution in [2.24, 2.45) is 0 Å². The number of hydrogen-bond donors (Lipinski definition) is 3. The Morgan fingerprint density at radius 3 is 2.50 bits per heavy atom. The first-order chi connectivity index (χ1) is 11.3. The number of hydrogen-bond acceptors (Lipinski definition) is 5. The van der Waals surface area contributed by atoms with Gasteiger partial charge in [0.25, 0.3) is 5.91 Å². The van der Waals surface area contributed by atoms with E-state index >= 15 is 0 Å². The van der Waals surface area contributed by atoms with Gasteiger partial charge in [-0.05, 0) is 38.7 Å². The molecule has 0 bridgehead atoms. The highest BCUT2D eigenvalue weighted by Gasteiger charge is 2.21. The first-order valence-electron chi connectivity index (χ1n) is 7.41. The molecule has 7 heteroatoms. The second-order valence-corrected chi connectivity index (χ2v) is 5.71. The van der Waals surface area contributed by atoms with Gasteiger partial charge in [-0.2, -0.15) is 0 Å². The third kappa shape index (κ3) is 3.99. The standard InChI is InChI=1S/C17H20FN3O3/c1-10(21(2)3)13-8-14(22)16(23)15(20-13)17(24)19-9-11-4-6-12(18)7-5-11/h4-8,10,23H,9H2,1-3H3,(H,19,24)(H,20,22). The van der Waals surface area contributed by atoms with E-state index in [2.05, 4.69) is 10.3 Å². The monoisotopic (exact) mass is 333 g/mol. The Balaban J connectivity index is 2.20. The van der Waals surface area contributed by atoms with Gasteiger partial charge in [0.1, 0.15) is 5.82 Å². The third-order valence-electron chi connectivity index (χ3n) is 3.78. The van der Waals surface area contributed by atoms with Crippen LogP contribution in [-0.2, 0) is 6.54 Å². The average molecular weight is 333 g/mol. The number of nitrogens with zero attached hydrogens (tertiary/aromatic N) is 2. The zero-order valence-electron chi connectivity index (χ0n) is 13.7. The van der Waals surface area contributed by atoms with E-state index in [4.69, 9.17) is 0 Å². The summed E-state index contributed by atoms with van der Waals surface area (Å²) in [6, 6.07) is 6.86. The van der Waals surface area contributed by atoms with Gasteiger partial charge in [-0.1, -0.05) is 12.1 Å². The maximum atomic E-state index is 12.9. The number of aromatic nitrogens is 1. The number of benzene rings is 1. The van der Waals surface area contributed by atoms with Crippen LogP contribution >= 0.6 is 0 Å². The lowest BCUT2D eigenvalue weighted by atomic mass is 10.1. The Morgan fingerprint density at radius 2 is 1.92 bits per heavy atom. The van der Waals surface area contributed by atoms with Crippen LogP contribution in [0.5, 0.6) is 11.5 Å². The smallest absolute Gasteiger partial charge is 0.274 e. The van der Waals surface area contributed by atoms with E-state index in [-0.39, 0.29) is 24.1 Å². The largest absolute Gasteiger partial charge is 0.504 e. The Kier molecular flexibility index (Phi) is 5.35. The van der Waals surface area contributed by atoms with Crippen LogP contribution in [0.4, 0.5) is 4.39 Å². The van der Waals surface area contributed by atoms with Crippen molar-refractivity contribution >= 4 is 5.91 Å². The normalized spacial score (nSPS) is 12.2. The molecule has 1 aromatic heterocycles. The van der Waals surface area contributed by atoms with Crippen molar-refractivity contribution in [2.45, 2.75) is 19.5 Å². The summed E-state index contributed by atoms with van der Waals surface area (Å²) in [5.41, 5.74) is 0.911. The second-order valence-electron chi connectivity index (χ2n) is 5.71. The van der Waals surface area contributed by atoms with Crippen molar-refractivity contribution < 1.29 is 19.4 Å². The fraction of sp³-hybridized carbons (Fsp3) is 0.294. The SMILES string of the molecule is CC(c1cc(O)c(O)c(C(=O)NCc2ccc(F)cc2)n1)N(C)C. The number of pyridine rings is 1. The average Bonchev–Trinajstić information content (AvgIpc) is 2.55. The summed E-state index contributed by atoms with van der Waals surface area (Å²) in [6.45, 7) is 2.01. The first kappa shape index (κ1) is 17.7. The predicted molar refractivity (Wildman–Crippen MR) is 87.2 cm³/mol. The maximum Gasteiger partial charge on any atom is 0.274 e. The highest BCUT2D eigenvalue weighted by atomic mass is 19.1. The van der Waals surface area contributed by atoms with Crippen LogP contribution in [-0.4, -0.2) is 40.1 Å². The van der Waals surface area contributed by atoms with E-state index < -0.39 is 17.4 Å². The number of aromatic hydroxyl groups is 2. The quantitative estimate of drug-likeness (QED) is 0.781. The first-order valence-corrected chi connectivity index (χ1v) is 7.41. The van der Waals surface area contributed by atoms with Gasteiger partial charge in [0.2, 0.25) is 0 Å². The summed E-state index contributed by atoms with van der Waals surface area (Å²) >= 11 is 0. The number of nitrogens with one attached hydrogen (secondary N) is 1. The number of carbonyl (C=O) groups excluding carboxylic acids is 1. The third-order valence-corrected chi connectivity index (χ3v) is 3.78. The molecule has 24 heavy (non-hydrogen) atoms. The molecule has 0 saturated carbocycles. The van der Waals surface area contributed by atoms with E-state index in [0.29, 0.717) is 11.3 Å². The maximum absolute atomic E-state index is 12.9. The molecule has 0 radical (unpaired) electrons. The molecule has 128 valence electrons. The Labute approximate surface area is 139 Å². The molecule has 6 nitrogen and oxygen atoms in total. The van der Waals surface area contributed by atoms with Crippen LogP contribution in [0, 0.1) is 5.82 Å². The molecular formula is C17H20FN3O3. The molecule has 2 rings (SSSR count). The zero-order valence-corrected chi connectivity index (χ0v) is 13.7. The van der Waals surface area contributed by atoms with Crippen LogP contribution in [0.25, 0.3) is 0 Å². The predicted octanol–water partition coefficient (Wildman–Crippen LogP) is 2.18. The molecule has 0 spiro atoms. The van der Waals surface area contributed by atoms with Gasteiger partial charge in [-0.3, -0.25) is 4.79 Å². The molecule has 0 aliphatic rings. The molecule has 1 heterocycles. The summed E-state index contributed by atoms with van der Waals surface area (Å²) in [5.74, 6) is -1.96. The van der Waals surface area contributed by atoms with E-state index in [0.717, 1.165) is 0 Å². The number of halogens is 1. The number of carbonyl (C=O) groups is 1. The van der Waals surface area contributed by atoms with Crippen molar-refractivity contribution in [1.29, 1.82) is 0 Å². The molecular weight excluding hydrogens is 313 g/mol. The molecule has 1 atom stereocenters. The highest BCUT2D eigenvalue weighted by Crippen LogP contribution is 2.31. The summed E-state index contributed by atoms with van der Waals surface area (Å²) in [4.78, 5) is 18.3. The van der Waals surface area contributed by atoms with E-state index in [9.17, 15) is 19.4 Å². The van der Waals surface area contributed by atoms with Gasteiger partial charge in [0.15, 0.2) is 17.2 Å². The van der Waals surface area contributed by atoms with Crippen LogP contribution in [0.15, 0.2) is 30.3 Å². The van der Waals surface area contributed by atoms with Gasteiger partial charge in [0.05, 0.1) is 5.69 Å². The number of rotatable bonds is 5. The lowest BCUT2D eigenvalue weighted by molar-refractivity contribution is 0.0941. The van der Waals surface area contributed by atoms with Crippen LogP contribution in [0.3, 0.4) is 0 Å². The Bertz CT molecular complexity index is 733. The summed E-state index contributed by atoms with van der Waals surface area (Å²) in [7, 11) is 3.68. The second kappa shape index (κ2) is 7.27. The van der Waals surface area contributed by atoms with Crippen LogP contribution in [0.2, 0.25) is 0 Å².